The van der Waals surface area contributed by atoms with Gasteiger partial charge in [-0.2, -0.15) is 0 Å². The van der Waals surface area contributed by atoms with Crippen LogP contribution in [-0.2, 0) is 0 Å². The maximum atomic E-state index is 5.03. The molecule has 10 rings (SSSR count). The highest BCUT2D eigenvalue weighted by Crippen LogP contribution is 2.38. The van der Waals surface area contributed by atoms with Crippen LogP contribution < -0.4 is 0 Å². The first kappa shape index (κ1) is 31.5. The van der Waals surface area contributed by atoms with Crippen molar-refractivity contribution in [3.05, 3.63) is 200 Å². The molecule has 1 heterocycles. The Hall–Kier alpha value is -7.23. The zero-order valence-electron chi connectivity index (χ0n) is 29.4. The molecule has 1 aromatic heterocycles. The van der Waals surface area contributed by atoms with Gasteiger partial charge in [0.05, 0.1) is 0 Å². The van der Waals surface area contributed by atoms with Crippen molar-refractivity contribution in [3.63, 3.8) is 0 Å². The van der Waals surface area contributed by atoms with Crippen molar-refractivity contribution in [2.24, 2.45) is 0 Å². The Morgan fingerprint density at radius 1 is 0.185 bits per heavy atom. The molecule has 252 valence electrons. The minimum absolute atomic E-state index is 0.639. The summed E-state index contributed by atoms with van der Waals surface area (Å²) in [6, 6.07) is 70.6. The number of rotatable bonds is 6. The van der Waals surface area contributed by atoms with Crippen molar-refractivity contribution in [2.45, 2.75) is 0 Å². The maximum absolute atomic E-state index is 5.03. The molecule has 3 heteroatoms. The lowest BCUT2D eigenvalue weighted by Gasteiger charge is -2.13. The maximum Gasteiger partial charge on any atom is 0.164 e. The van der Waals surface area contributed by atoms with Crippen molar-refractivity contribution in [1.29, 1.82) is 0 Å². The Labute approximate surface area is 313 Å². The molecule has 0 aliphatic carbocycles. The van der Waals surface area contributed by atoms with E-state index in [0.29, 0.717) is 17.5 Å². The Bertz CT molecular complexity index is 2940. The van der Waals surface area contributed by atoms with Gasteiger partial charge in [0.2, 0.25) is 0 Å². The predicted octanol–water partition coefficient (Wildman–Crippen LogP) is 13.3. The first-order chi connectivity index (χ1) is 26.7. The lowest BCUT2D eigenvalue weighted by Crippen LogP contribution is -2.00. The standard InChI is InChI=1S/C51H33N3/c1-3-13-34(14-4-1)39-18-12-20-42(32-39)51-53-49(36-15-5-2-6-16-36)52-50(54-51)37-27-25-35(26-28-37)38-17-11-19-40(31-38)41-29-30-47-45-23-8-7-21-43(45)44-22-9-10-24-46(44)48(47)33-41/h1-33H. The van der Waals surface area contributed by atoms with Gasteiger partial charge in [0.1, 0.15) is 0 Å². The molecule has 10 aromatic rings. The third kappa shape index (κ3) is 5.78. The van der Waals surface area contributed by atoms with Crippen LogP contribution in [0.3, 0.4) is 0 Å². The third-order valence-electron chi connectivity index (χ3n) is 10.3. The second kappa shape index (κ2) is 13.4. The van der Waals surface area contributed by atoms with E-state index in [2.05, 4.69) is 164 Å². The van der Waals surface area contributed by atoms with Gasteiger partial charge in [0.15, 0.2) is 17.5 Å². The van der Waals surface area contributed by atoms with E-state index in [1.54, 1.807) is 0 Å². The smallest absolute Gasteiger partial charge is 0.164 e. The fraction of sp³-hybridized carbons (Fsp3) is 0. The summed E-state index contributed by atoms with van der Waals surface area (Å²) in [7, 11) is 0. The highest BCUT2D eigenvalue weighted by molar-refractivity contribution is 6.25. The van der Waals surface area contributed by atoms with E-state index in [1.165, 1.54) is 43.4 Å². The van der Waals surface area contributed by atoms with E-state index >= 15 is 0 Å². The van der Waals surface area contributed by atoms with E-state index in [9.17, 15) is 0 Å². The van der Waals surface area contributed by atoms with Crippen molar-refractivity contribution in [3.8, 4) is 67.5 Å². The van der Waals surface area contributed by atoms with Gasteiger partial charge in [0, 0.05) is 16.7 Å². The van der Waals surface area contributed by atoms with Crippen LogP contribution in [0.5, 0.6) is 0 Å². The molecular formula is C51H33N3. The lowest BCUT2D eigenvalue weighted by atomic mass is 9.91. The minimum atomic E-state index is 0.639. The summed E-state index contributed by atoms with van der Waals surface area (Å²) in [5.74, 6) is 1.93. The van der Waals surface area contributed by atoms with E-state index in [0.717, 1.165) is 38.9 Å². The first-order valence-electron chi connectivity index (χ1n) is 18.3. The summed E-state index contributed by atoms with van der Waals surface area (Å²) in [5, 5.41) is 7.69. The summed E-state index contributed by atoms with van der Waals surface area (Å²) in [6.07, 6.45) is 0. The number of benzene rings is 9. The molecule has 9 aromatic carbocycles. The summed E-state index contributed by atoms with van der Waals surface area (Å²) in [5.41, 5.74) is 9.77. The summed E-state index contributed by atoms with van der Waals surface area (Å²) >= 11 is 0. The number of hydrogen-bond donors (Lipinski definition) is 0. The number of hydrogen-bond acceptors (Lipinski definition) is 3. The summed E-state index contributed by atoms with van der Waals surface area (Å²) in [4.78, 5) is 15.0. The molecule has 0 fully saturated rings. The first-order valence-corrected chi connectivity index (χ1v) is 18.3. The van der Waals surface area contributed by atoms with Crippen LogP contribution in [0.2, 0.25) is 0 Å². The van der Waals surface area contributed by atoms with Crippen LogP contribution in [0, 0.1) is 0 Å². The molecule has 0 saturated heterocycles. The van der Waals surface area contributed by atoms with E-state index in [-0.39, 0.29) is 0 Å². The molecule has 0 N–H and O–H groups in total. The van der Waals surface area contributed by atoms with Crippen molar-refractivity contribution in [2.75, 3.05) is 0 Å². The third-order valence-corrected chi connectivity index (χ3v) is 10.3. The normalized spacial score (nSPS) is 11.3. The molecule has 0 spiro atoms. The highest BCUT2D eigenvalue weighted by atomic mass is 15.0. The topological polar surface area (TPSA) is 38.7 Å². The Kier molecular flexibility index (Phi) is 7.81. The van der Waals surface area contributed by atoms with Gasteiger partial charge < -0.3 is 0 Å². The lowest BCUT2D eigenvalue weighted by molar-refractivity contribution is 1.07. The molecule has 0 unspecified atom stereocenters. The molecule has 54 heavy (non-hydrogen) atoms. The Morgan fingerprint density at radius 3 is 1.07 bits per heavy atom. The molecule has 0 radical (unpaired) electrons. The zero-order valence-corrected chi connectivity index (χ0v) is 29.4. The van der Waals surface area contributed by atoms with Crippen LogP contribution in [0.15, 0.2) is 200 Å². The van der Waals surface area contributed by atoms with Gasteiger partial charge >= 0.3 is 0 Å². The van der Waals surface area contributed by atoms with E-state index in [4.69, 9.17) is 15.0 Å². The quantitative estimate of drug-likeness (QED) is 0.163. The van der Waals surface area contributed by atoms with Gasteiger partial charge in [-0.3, -0.25) is 0 Å². The van der Waals surface area contributed by atoms with Crippen LogP contribution in [0.25, 0.3) is 99.9 Å². The summed E-state index contributed by atoms with van der Waals surface area (Å²) in [6.45, 7) is 0. The number of aromatic nitrogens is 3. The average molecular weight is 688 g/mol. The molecule has 3 nitrogen and oxygen atoms in total. The van der Waals surface area contributed by atoms with E-state index in [1.807, 2.05) is 36.4 Å². The summed E-state index contributed by atoms with van der Waals surface area (Å²) < 4.78 is 0. The predicted molar refractivity (Wildman–Crippen MR) is 225 cm³/mol. The van der Waals surface area contributed by atoms with Crippen molar-refractivity contribution in [1.82, 2.24) is 15.0 Å². The molecule has 0 aliphatic heterocycles. The monoisotopic (exact) mass is 687 g/mol. The Morgan fingerprint density at radius 2 is 0.500 bits per heavy atom. The van der Waals surface area contributed by atoms with Crippen molar-refractivity contribution >= 4 is 32.3 Å². The van der Waals surface area contributed by atoms with Crippen LogP contribution in [-0.4, -0.2) is 15.0 Å². The number of nitrogens with zero attached hydrogens (tertiary/aromatic N) is 3. The van der Waals surface area contributed by atoms with Gasteiger partial charge in [0.25, 0.3) is 0 Å². The van der Waals surface area contributed by atoms with Gasteiger partial charge in [-0.15, -0.1) is 0 Å². The van der Waals surface area contributed by atoms with Crippen LogP contribution >= 0.6 is 0 Å². The molecule has 0 amide bonds. The van der Waals surface area contributed by atoms with Crippen molar-refractivity contribution < 1.29 is 0 Å². The largest absolute Gasteiger partial charge is 0.208 e. The van der Waals surface area contributed by atoms with Gasteiger partial charge in [-0.1, -0.05) is 182 Å². The minimum Gasteiger partial charge on any atom is -0.208 e. The molecule has 0 atom stereocenters. The Balaban J connectivity index is 1.01. The fourth-order valence-electron chi connectivity index (χ4n) is 7.60. The van der Waals surface area contributed by atoms with Crippen LogP contribution in [0.1, 0.15) is 0 Å². The highest BCUT2D eigenvalue weighted by Gasteiger charge is 2.14. The second-order valence-electron chi connectivity index (χ2n) is 13.6. The number of fused-ring (bicyclic) bond motifs is 6. The molecule has 0 bridgehead atoms. The molecule has 0 saturated carbocycles. The second-order valence-corrected chi connectivity index (χ2v) is 13.6. The molecule has 0 aliphatic rings. The zero-order chi connectivity index (χ0) is 35.8. The SMILES string of the molecule is c1ccc(-c2cccc(-c3nc(-c4ccccc4)nc(-c4ccc(-c5cccc(-c6ccc7c8ccccc8c8ccccc8c7c6)c5)cc4)n3)c2)cc1. The molecular weight excluding hydrogens is 655 g/mol. The fourth-order valence-corrected chi connectivity index (χ4v) is 7.60. The van der Waals surface area contributed by atoms with Gasteiger partial charge in [-0.05, 0) is 83.9 Å². The van der Waals surface area contributed by atoms with E-state index < -0.39 is 0 Å². The average Bonchev–Trinajstić information content (AvgIpc) is 3.27. The van der Waals surface area contributed by atoms with Crippen LogP contribution in [0.4, 0.5) is 0 Å². The van der Waals surface area contributed by atoms with Gasteiger partial charge in [-0.25, -0.2) is 15.0 Å².